The molecule has 0 N–H and O–H groups in total. The Balaban J connectivity index is 0.942. The number of allylic oxidation sites excluding steroid dienone is 3. The Hall–Kier alpha value is -11.7. The van der Waals surface area contributed by atoms with Crippen LogP contribution >= 0.6 is 0 Å². The first-order chi connectivity index (χ1) is 42.2. The van der Waals surface area contributed by atoms with Gasteiger partial charge in [0.05, 0.1) is 66.4 Å². The molecule has 11 heteroatoms. The van der Waals surface area contributed by atoms with Crippen LogP contribution in [0.5, 0.6) is 0 Å². The van der Waals surface area contributed by atoms with Gasteiger partial charge in [-0.15, -0.1) is 0 Å². The third-order valence-corrected chi connectivity index (χ3v) is 17.6. The zero-order valence-corrected chi connectivity index (χ0v) is 45.5. The van der Waals surface area contributed by atoms with E-state index in [0.29, 0.717) is 23.8 Å². The summed E-state index contributed by atoms with van der Waals surface area (Å²) < 4.78 is 13.5. The van der Waals surface area contributed by atoms with Crippen molar-refractivity contribution >= 4 is 126 Å². The minimum atomic E-state index is 0.482. The molecule has 1 aliphatic carbocycles. The molecule has 11 nitrogen and oxygen atoms in total. The van der Waals surface area contributed by atoms with Gasteiger partial charge in [-0.05, 0) is 78.7 Å². The van der Waals surface area contributed by atoms with Crippen molar-refractivity contribution in [1.82, 2.24) is 52.3 Å². The standard InChI is InChI=1S/C74H45N11/c1-2-22-49-50-27-8-17-37-61(50)82(60(49)32-3-1)72-77-73(83-62-38-18-9-28-51(62)52-29-10-19-39-63(52)83)79-74(78-72)84-65-41-21-12-31-55(65)69-66(84)43-42-54-53-30-11-20-40-64(53)85(70(54)69)71-75-67(80-56-33-13-4-23-45(56)46-24-5-14-34-57(46)80)44-68(76-71)81-58-35-15-6-25-47(58)48-26-7-16-36-59(48)81/h1-21,23-44H,22H2. The number of hydrogen-bond acceptors (Lipinski definition) is 5. The van der Waals surface area contributed by atoms with Crippen LogP contribution < -0.4 is 0 Å². The molecule has 0 aliphatic heterocycles. The summed E-state index contributed by atoms with van der Waals surface area (Å²) >= 11 is 0. The van der Waals surface area contributed by atoms with Crippen molar-refractivity contribution in [1.29, 1.82) is 0 Å². The van der Waals surface area contributed by atoms with Gasteiger partial charge >= 0.3 is 0 Å². The van der Waals surface area contributed by atoms with E-state index in [2.05, 4.69) is 288 Å². The highest BCUT2D eigenvalue weighted by atomic mass is 15.3. The number of aromatic nitrogens is 11. The number of para-hydroxylation sites is 9. The molecule has 10 aromatic carbocycles. The topological polar surface area (TPSA) is 94.0 Å². The van der Waals surface area contributed by atoms with Crippen molar-refractivity contribution in [2.75, 3.05) is 0 Å². The average molecular weight is 1090 g/mol. The molecule has 8 aromatic heterocycles. The maximum absolute atomic E-state index is 5.78. The van der Waals surface area contributed by atoms with Crippen LogP contribution in [0.4, 0.5) is 0 Å². The van der Waals surface area contributed by atoms with E-state index in [-0.39, 0.29) is 0 Å². The Labute approximate surface area is 483 Å². The van der Waals surface area contributed by atoms with E-state index in [1.54, 1.807) is 0 Å². The fourth-order valence-electron chi connectivity index (χ4n) is 14.1. The van der Waals surface area contributed by atoms with Crippen molar-refractivity contribution in [2.45, 2.75) is 6.42 Å². The molecule has 0 saturated carbocycles. The van der Waals surface area contributed by atoms with Crippen LogP contribution in [0, 0.1) is 0 Å². The van der Waals surface area contributed by atoms with Gasteiger partial charge < -0.3 is 0 Å². The molecule has 0 unspecified atom stereocenters. The van der Waals surface area contributed by atoms with Crippen molar-refractivity contribution in [3.05, 3.63) is 266 Å². The van der Waals surface area contributed by atoms with E-state index in [9.17, 15) is 0 Å². The Bertz CT molecular complexity index is 5680. The van der Waals surface area contributed by atoms with Crippen molar-refractivity contribution < 1.29 is 0 Å². The Morgan fingerprint density at radius 2 is 0.600 bits per heavy atom. The van der Waals surface area contributed by atoms with Crippen molar-refractivity contribution in [3.8, 4) is 35.4 Å². The summed E-state index contributed by atoms with van der Waals surface area (Å²) in [4.78, 5) is 28.4. The molecule has 0 fully saturated rings. The minimum Gasteiger partial charge on any atom is -0.294 e. The molecular formula is C74H45N11. The molecule has 85 heavy (non-hydrogen) atoms. The van der Waals surface area contributed by atoms with Crippen LogP contribution in [0.1, 0.15) is 11.3 Å². The summed E-state index contributed by atoms with van der Waals surface area (Å²) in [5.41, 5.74) is 13.3. The fraction of sp³-hybridized carbons (Fsp3) is 0.0135. The predicted molar refractivity (Wildman–Crippen MR) is 346 cm³/mol. The number of benzene rings is 10. The first kappa shape index (κ1) is 46.0. The zero-order valence-electron chi connectivity index (χ0n) is 45.5. The lowest BCUT2D eigenvalue weighted by atomic mass is 10.1. The summed E-state index contributed by atoms with van der Waals surface area (Å²) in [5.74, 6) is 3.53. The molecule has 19 rings (SSSR count). The van der Waals surface area contributed by atoms with Gasteiger partial charge in [0.2, 0.25) is 23.8 Å². The maximum atomic E-state index is 5.78. The SMILES string of the molecule is C1=CCc2c(n(-c3nc(-n4c5ccccc5c5ccccc54)nc(-n4c5ccccc5c5c4ccc4c6ccccc6n(-c6nc(-n7c8ccccc8c8ccccc87)cc(-n7c8ccccc8c8ccccc87)n6)c45)n3)c3ccccc23)C=C1. The van der Waals surface area contributed by atoms with Gasteiger partial charge in [0, 0.05) is 65.3 Å². The number of hydrogen-bond donors (Lipinski definition) is 0. The van der Waals surface area contributed by atoms with E-state index in [1.807, 2.05) is 0 Å². The van der Waals surface area contributed by atoms with Crippen LogP contribution in [0.2, 0.25) is 0 Å². The Morgan fingerprint density at radius 3 is 1.07 bits per heavy atom. The lowest BCUT2D eigenvalue weighted by molar-refractivity contribution is 0.835. The van der Waals surface area contributed by atoms with Gasteiger partial charge in [0.25, 0.3) is 0 Å². The van der Waals surface area contributed by atoms with Crippen molar-refractivity contribution in [2.24, 2.45) is 0 Å². The van der Waals surface area contributed by atoms with Gasteiger partial charge in [-0.3, -0.25) is 27.4 Å². The van der Waals surface area contributed by atoms with Crippen LogP contribution in [-0.2, 0) is 6.42 Å². The molecule has 1 aliphatic rings. The molecular weight excluding hydrogens is 1040 g/mol. The average Bonchev–Trinajstić information content (AvgIpc) is 2.21. The van der Waals surface area contributed by atoms with E-state index in [0.717, 1.165) is 144 Å². The summed E-state index contributed by atoms with van der Waals surface area (Å²) in [6.45, 7) is 0. The number of nitrogens with zero attached hydrogens (tertiary/aromatic N) is 11. The molecule has 0 radical (unpaired) electrons. The van der Waals surface area contributed by atoms with Crippen LogP contribution in [-0.4, -0.2) is 52.3 Å². The Kier molecular flexibility index (Phi) is 9.42. The largest absolute Gasteiger partial charge is 0.294 e. The zero-order chi connectivity index (χ0) is 55.4. The van der Waals surface area contributed by atoms with Crippen molar-refractivity contribution in [3.63, 3.8) is 0 Å². The second kappa shape index (κ2) is 17.4. The molecule has 8 heterocycles. The third kappa shape index (κ3) is 6.40. The lowest BCUT2D eigenvalue weighted by Crippen LogP contribution is -2.14. The van der Waals surface area contributed by atoms with E-state index < -0.39 is 0 Å². The quantitative estimate of drug-likeness (QED) is 0.165. The lowest BCUT2D eigenvalue weighted by Gasteiger charge is -2.15. The molecule has 396 valence electrons. The smallest absolute Gasteiger partial charge is 0.241 e. The monoisotopic (exact) mass is 1090 g/mol. The van der Waals surface area contributed by atoms with Crippen LogP contribution in [0.3, 0.4) is 0 Å². The number of rotatable bonds is 6. The van der Waals surface area contributed by atoms with Gasteiger partial charge in [0.1, 0.15) is 11.6 Å². The third-order valence-electron chi connectivity index (χ3n) is 17.6. The van der Waals surface area contributed by atoms with Gasteiger partial charge in [-0.1, -0.05) is 188 Å². The highest BCUT2D eigenvalue weighted by Gasteiger charge is 2.28. The van der Waals surface area contributed by atoms with E-state index in [1.165, 1.54) is 5.56 Å². The summed E-state index contributed by atoms with van der Waals surface area (Å²) in [5, 5.41) is 12.2. The second-order valence-corrected chi connectivity index (χ2v) is 22.0. The molecule has 0 saturated heterocycles. The second-order valence-electron chi connectivity index (χ2n) is 22.0. The highest BCUT2D eigenvalue weighted by Crippen LogP contribution is 2.44. The van der Waals surface area contributed by atoms with E-state index in [4.69, 9.17) is 24.9 Å². The first-order valence-corrected chi connectivity index (χ1v) is 28.7. The van der Waals surface area contributed by atoms with Crippen LogP contribution in [0.25, 0.3) is 161 Å². The maximum Gasteiger partial charge on any atom is 0.241 e. The number of fused-ring (bicyclic) bond motifs is 19. The highest BCUT2D eigenvalue weighted by molar-refractivity contribution is 6.26. The van der Waals surface area contributed by atoms with Crippen LogP contribution in [0.15, 0.2) is 255 Å². The normalized spacial score (nSPS) is 12.8. The molecule has 0 bridgehead atoms. The molecule has 0 spiro atoms. The summed E-state index contributed by atoms with van der Waals surface area (Å²) in [6.07, 6.45) is 9.41. The summed E-state index contributed by atoms with van der Waals surface area (Å²) in [7, 11) is 0. The first-order valence-electron chi connectivity index (χ1n) is 28.7. The predicted octanol–water partition coefficient (Wildman–Crippen LogP) is 17.2. The fourth-order valence-corrected chi connectivity index (χ4v) is 14.1. The Morgan fingerprint density at radius 1 is 0.259 bits per heavy atom. The minimum absolute atomic E-state index is 0.482. The summed E-state index contributed by atoms with van der Waals surface area (Å²) in [6, 6.07) is 84.1. The molecule has 18 aromatic rings. The molecule has 0 atom stereocenters. The van der Waals surface area contributed by atoms with Gasteiger partial charge in [-0.2, -0.15) is 24.9 Å². The van der Waals surface area contributed by atoms with Gasteiger partial charge in [0.15, 0.2) is 0 Å². The van der Waals surface area contributed by atoms with Gasteiger partial charge in [-0.25, -0.2) is 0 Å². The molecule has 0 amide bonds. The van der Waals surface area contributed by atoms with E-state index >= 15 is 0 Å².